The van der Waals surface area contributed by atoms with E-state index in [0.29, 0.717) is 12.1 Å². The number of nitrogens with one attached hydrogen (secondary N) is 2. The van der Waals surface area contributed by atoms with Crippen LogP contribution in [0.1, 0.15) is 26.0 Å². The van der Waals surface area contributed by atoms with Crippen LogP contribution in [0.2, 0.25) is 0 Å². The Morgan fingerprint density at radius 1 is 1.52 bits per heavy atom. The van der Waals surface area contributed by atoms with E-state index >= 15 is 0 Å². The third-order valence-electron chi connectivity index (χ3n) is 4.49. The normalized spacial score (nSPS) is 24.0. The summed E-state index contributed by atoms with van der Waals surface area (Å²) in [6.45, 7) is 5.23. The Kier molecular flexibility index (Phi) is 6.52. The van der Waals surface area contributed by atoms with Gasteiger partial charge in [-0.3, -0.25) is 4.99 Å². The van der Waals surface area contributed by atoms with Crippen LogP contribution in [0.4, 0.5) is 0 Å². The first-order chi connectivity index (χ1) is 9.48. The topological polar surface area (TPSA) is 50.6 Å². The summed E-state index contributed by atoms with van der Waals surface area (Å²) in [4.78, 5) is 4.30. The third-order valence-corrected chi connectivity index (χ3v) is 4.49. The van der Waals surface area contributed by atoms with Crippen molar-refractivity contribution in [3.63, 3.8) is 0 Å². The molecule has 1 aromatic heterocycles. The highest BCUT2D eigenvalue weighted by atomic mass is 127. The Morgan fingerprint density at radius 2 is 2.24 bits per heavy atom. The first-order valence-corrected chi connectivity index (χ1v) is 7.09. The van der Waals surface area contributed by atoms with Gasteiger partial charge in [-0.2, -0.15) is 0 Å². The zero-order chi connectivity index (χ0) is 14.8. The fourth-order valence-electron chi connectivity index (χ4n) is 2.74. The van der Waals surface area contributed by atoms with Gasteiger partial charge in [-0.05, 0) is 18.6 Å². The number of methoxy groups -OCH3 is 1. The molecule has 0 aliphatic heterocycles. The summed E-state index contributed by atoms with van der Waals surface area (Å²) in [6, 6.07) is 4.55. The van der Waals surface area contributed by atoms with Gasteiger partial charge in [0.2, 0.25) is 0 Å². The Bertz CT molecular complexity index is 484. The van der Waals surface area contributed by atoms with Gasteiger partial charge in [-0.1, -0.05) is 13.8 Å². The molecule has 6 heteroatoms. The summed E-state index contributed by atoms with van der Waals surface area (Å²) < 4.78 is 7.58. The zero-order valence-corrected chi connectivity index (χ0v) is 15.8. The number of rotatable bonds is 4. The molecular weight excluding hydrogens is 379 g/mol. The Morgan fingerprint density at radius 3 is 2.71 bits per heavy atom. The van der Waals surface area contributed by atoms with Gasteiger partial charge in [0.25, 0.3) is 0 Å². The highest BCUT2D eigenvalue weighted by Gasteiger charge is 2.48. The molecule has 0 saturated heterocycles. The molecule has 0 bridgehead atoms. The molecule has 1 saturated carbocycles. The van der Waals surface area contributed by atoms with Gasteiger partial charge in [-0.15, -0.1) is 24.0 Å². The van der Waals surface area contributed by atoms with Gasteiger partial charge in [-0.25, -0.2) is 0 Å². The van der Waals surface area contributed by atoms with E-state index in [4.69, 9.17) is 4.74 Å². The van der Waals surface area contributed by atoms with Gasteiger partial charge in [0.15, 0.2) is 5.96 Å². The number of aromatic nitrogens is 1. The van der Waals surface area contributed by atoms with Crippen molar-refractivity contribution in [1.82, 2.24) is 15.2 Å². The molecule has 1 fully saturated rings. The maximum Gasteiger partial charge on any atom is 0.191 e. The number of aliphatic imine (C=N–C) groups is 1. The predicted molar refractivity (Wildman–Crippen MR) is 97.1 cm³/mol. The van der Waals surface area contributed by atoms with E-state index < -0.39 is 0 Å². The van der Waals surface area contributed by atoms with Crippen LogP contribution >= 0.6 is 24.0 Å². The van der Waals surface area contributed by atoms with Crippen molar-refractivity contribution in [1.29, 1.82) is 0 Å². The lowest BCUT2D eigenvalue weighted by Gasteiger charge is -2.51. The number of nitrogens with zero attached hydrogens (tertiary/aromatic N) is 2. The van der Waals surface area contributed by atoms with Gasteiger partial charge >= 0.3 is 0 Å². The van der Waals surface area contributed by atoms with Crippen molar-refractivity contribution in [2.24, 2.45) is 17.5 Å². The molecule has 1 heterocycles. The molecule has 21 heavy (non-hydrogen) atoms. The quantitative estimate of drug-likeness (QED) is 0.458. The van der Waals surface area contributed by atoms with Crippen molar-refractivity contribution < 1.29 is 4.74 Å². The molecule has 0 aromatic carbocycles. The Balaban J connectivity index is 0.00000220. The Hall–Kier alpha value is -0.760. The number of halogens is 1. The van der Waals surface area contributed by atoms with Crippen LogP contribution in [0.25, 0.3) is 0 Å². The lowest BCUT2D eigenvalue weighted by Crippen LogP contribution is -2.63. The van der Waals surface area contributed by atoms with Gasteiger partial charge in [0, 0.05) is 44.6 Å². The van der Waals surface area contributed by atoms with Crippen LogP contribution in [-0.4, -0.2) is 36.8 Å². The van der Waals surface area contributed by atoms with Crippen LogP contribution < -0.4 is 10.6 Å². The summed E-state index contributed by atoms with van der Waals surface area (Å²) in [5, 5.41) is 6.85. The first kappa shape index (κ1) is 18.3. The molecule has 2 rings (SSSR count). The van der Waals surface area contributed by atoms with E-state index in [1.807, 2.05) is 19.3 Å². The Labute approximate surface area is 144 Å². The first-order valence-electron chi connectivity index (χ1n) is 7.09. The summed E-state index contributed by atoms with van der Waals surface area (Å²) in [5.74, 6) is 0.846. The van der Waals surface area contributed by atoms with Gasteiger partial charge < -0.3 is 19.9 Å². The van der Waals surface area contributed by atoms with E-state index in [9.17, 15) is 0 Å². The summed E-state index contributed by atoms with van der Waals surface area (Å²) >= 11 is 0. The third kappa shape index (κ3) is 3.91. The lowest BCUT2D eigenvalue weighted by atomic mass is 9.64. The number of guanidine groups is 1. The van der Waals surface area contributed by atoms with Crippen molar-refractivity contribution in [2.75, 3.05) is 14.2 Å². The molecule has 2 atom stereocenters. The molecule has 2 unspecified atom stereocenters. The minimum Gasteiger partial charge on any atom is -0.381 e. The average molecular weight is 406 g/mol. The second-order valence-electron chi connectivity index (χ2n) is 6.01. The number of aryl methyl sites for hydroxylation is 1. The highest BCUT2D eigenvalue weighted by molar-refractivity contribution is 14.0. The van der Waals surface area contributed by atoms with Crippen molar-refractivity contribution >= 4 is 29.9 Å². The predicted octanol–water partition coefficient (Wildman–Crippen LogP) is 2.12. The molecule has 1 aliphatic rings. The zero-order valence-electron chi connectivity index (χ0n) is 13.5. The van der Waals surface area contributed by atoms with E-state index in [-0.39, 0.29) is 29.4 Å². The van der Waals surface area contributed by atoms with E-state index in [2.05, 4.69) is 40.1 Å². The number of hydrogen-bond acceptors (Lipinski definition) is 2. The maximum atomic E-state index is 5.48. The monoisotopic (exact) mass is 406 g/mol. The van der Waals surface area contributed by atoms with E-state index in [1.165, 1.54) is 5.69 Å². The number of hydrogen-bond donors (Lipinski definition) is 2. The summed E-state index contributed by atoms with van der Waals surface area (Å²) in [5.41, 5.74) is 1.37. The molecule has 1 aromatic rings. The maximum absolute atomic E-state index is 5.48. The van der Waals surface area contributed by atoms with Crippen LogP contribution in [0, 0.1) is 5.41 Å². The molecule has 2 N–H and O–H groups in total. The fraction of sp³-hybridized carbons (Fsp3) is 0.667. The van der Waals surface area contributed by atoms with Crippen molar-refractivity contribution in [3.8, 4) is 0 Å². The minimum absolute atomic E-state index is 0. The van der Waals surface area contributed by atoms with E-state index in [0.717, 1.165) is 18.9 Å². The van der Waals surface area contributed by atoms with Crippen molar-refractivity contribution in [3.05, 3.63) is 24.0 Å². The highest BCUT2D eigenvalue weighted by Crippen LogP contribution is 2.42. The fourth-order valence-corrected chi connectivity index (χ4v) is 2.74. The average Bonchev–Trinajstić information content (AvgIpc) is 2.83. The summed E-state index contributed by atoms with van der Waals surface area (Å²) in [6.07, 6.45) is 3.39. The second kappa shape index (κ2) is 7.49. The molecule has 0 radical (unpaired) electrons. The standard InChI is InChI=1S/C15H26N4O.HI/c1-15(2)12(9-13(15)20-5)18-14(16-3)17-10-11-7-6-8-19(11)4;/h6-8,12-13H,9-10H2,1-5H3,(H2,16,17,18);1H. The van der Waals surface area contributed by atoms with Gasteiger partial charge in [0.1, 0.15) is 0 Å². The molecule has 5 nitrogen and oxygen atoms in total. The van der Waals surface area contributed by atoms with Crippen LogP contribution in [0.5, 0.6) is 0 Å². The largest absolute Gasteiger partial charge is 0.381 e. The molecule has 0 spiro atoms. The van der Waals surface area contributed by atoms with Crippen LogP contribution in [0.15, 0.2) is 23.3 Å². The van der Waals surface area contributed by atoms with E-state index in [1.54, 1.807) is 14.2 Å². The molecule has 1 aliphatic carbocycles. The molecular formula is C15H27IN4O. The van der Waals surface area contributed by atoms with Crippen molar-refractivity contribution in [2.45, 2.75) is 39.0 Å². The van der Waals surface area contributed by atoms with Gasteiger partial charge in [0.05, 0.1) is 12.6 Å². The molecule has 120 valence electrons. The minimum atomic E-state index is 0. The number of ether oxygens (including phenoxy) is 1. The van der Waals surface area contributed by atoms with Crippen LogP contribution in [0.3, 0.4) is 0 Å². The smallest absolute Gasteiger partial charge is 0.191 e. The molecule has 0 amide bonds. The van der Waals surface area contributed by atoms with Crippen LogP contribution in [-0.2, 0) is 18.3 Å². The lowest BCUT2D eigenvalue weighted by molar-refractivity contribution is -0.0922. The summed E-state index contributed by atoms with van der Waals surface area (Å²) in [7, 11) is 5.64. The SMILES string of the molecule is CN=C(NCc1cccn1C)NC1CC(OC)C1(C)C.I. The second-order valence-corrected chi connectivity index (χ2v) is 6.01.